The van der Waals surface area contributed by atoms with Crippen molar-refractivity contribution in [3.05, 3.63) is 35.8 Å². The van der Waals surface area contributed by atoms with E-state index in [-0.39, 0.29) is 5.91 Å². The molecule has 1 amide bonds. The van der Waals surface area contributed by atoms with Crippen molar-refractivity contribution in [1.82, 2.24) is 5.43 Å². The molecule has 3 N–H and O–H groups in total. The predicted molar refractivity (Wildman–Crippen MR) is 57.9 cm³/mol. The summed E-state index contributed by atoms with van der Waals surface area (Å²) in [5, 5.41) is 0. The highest BCUT2D eigenvalue weighted by molar-refractivity contribution is 8.03. The maximum absolute atomic E-state index is 10.8. The van der Waals surface area contributed by atoms with E-state index in [1.165, 1.54) is 11.8 Å². The third-order valence-corrected chi connectivity index (χ3v) is 2.23. The van der Waals surface area contributed by atoms with Crippen LogP contribution in [0.3, 0.4) is 0 Å². The Bertz CT molecular complexity index is 234. The van der Waals surface area contributed by atoms with Gasteiger partial charge in [-0.3, -0.25) is 10.2 Å². The first-order valence-corrected chi connectivity index (χ1v) is 4.80. The molecule has 0 saturated heterocycles. The van der Waals surface area contributed by atoms with Crippen LogP contribution in [0, 0.1) is 0 Å². The first-order valence-electron chi connectivity index (χ1n) is 3.82. The molecule has 0 aromatic carbocycles. The molecule has 0 aliphatic rings. The quantitative estimate of drug-likeness (QED) is 0.303. The maximum Gasteiger partial charge on any atom is 0.244 e. The van der Waals surface area contributed by atoms with E-state index in [9.17, 15) is 4.79 Å². The van der Waals surface area contributed by atoms with Gasteiger partial charge in [-0.2, -0.15) is 0 Å². The smallest absolute Gasteiger partial charge is 0.244 e. The number of hydrogen-bond donors (Lipinski definition) is 2. The van der Waals surface area contributed by atoms with Crippen LogP contribution in [0.25, 0.3) is 0 Å². The minimum absolute atomic E-state index is 0.196. The van der Waals surface area contributed by atoms with E-state index >= 15 is 0 Å². The Morgan fingerprint density at radius 3 is 2.85 bits per heavy atom. The summed E-state index contributed by atoms with van der Waals surface area (Å²) in [7, 11) is 0. The minimum atomic E-state index is -0.196. The summed E-state index contributed by atoms with van der Waals surface area (Å²) in [5.74, 6) is 5.04. The zero-order valence-electron chi connectivity index (χ0n) is 7.62. The van der Waals surface area contributed by atoms with Gasteiger partial charge in [0.1, 0.15) is 0 Å². The molecule has 13 heavy (non-hydrogen) atoms. The first kappa shape index (κ1) is 12.0. The molecule has 0 aromatic heterocycles. The van der Waals surface area contributed by atoms with Gasteiger partial charge in [0, 0.05) is 4.91 Å². The van der Waals surface area contributed by atoms with Crippen molar-refractivity contribution in [3.8, 4) is 0 Å². The second-order valence-electron chi connectivity index (χ2n) is 2.16. The van der Waals surface area contributed by atoms with Crippen LogP contribution < -0.4 is 11.3 Å². The summed E-state index contributed by atoms with van der Waals surface area (Å²) < 4.78 is 0. The topological polar surface area (TPSA) is 55.1 Å². The molecule has 0 rings (SSSR count). The fourth-order valence-electron chi connectivity index (χ4n) is 0.557. The Hall–Kier alpha value is -1.00. The van der Waals surface area contributed by atoms with E-state index in [1.807, 2.05) is 25.2 Å². The molecule has 0 saturated carbocycles. The lowest BCUT2D eigenvalue weighted by Gasteiger charge is -1.99. The number of nitrogens with two attached hydrogens (primary N) is 1. The van der Waals surface area contributed by atoms with Gasteiger partial charge in [-0.15, -0.1) is 11.8 Å². The minimum Gasteiger partial charge on any atom is -0.294 e. The van der Waals surface area contributed by atoms with E-state index < -0.39 is 0 Å². The molecule has 0 heterocycles. The van der Waals surface area contributed by atoms with Gasteiger partial charge in [-0.25, -0.2) is 5.84 Å². The maximum atomic E-state index is 10.8. The molecule has 0 aliphatic carbocycles. The van der Waals surface area contributed by atoms with Crippen LogP contribution in [-0.4, -0.2) is 11.7 Å². The summed E-state index contributed by atoms with van der Waals surface area (Å²) in [4.78, 5) is 11.7. The van der Waals surface area contributed by atoms with Gasteiger partial charge < -0.3 is 0 Å². The number of nitrogens with one attached hydrogen (secondary N) is 1. The standard InChI is InChI=1S/C9H14N2OS/c1-3-5-6-8(4-2)13-7-9(12)11-10/h3-6H,2,7,10H2,1H3,(H,11,12). The van der Waals surface area contributed by atoms with Gasteiger partial charge in [-0.05, 0) is 13.0 Å². The largest absolute Gasteiger partial charge is 0.294 e. The van der Waals surface area contributed by atoms with Crippen LogP contribution >= 0.6 is 11.8 Å². The summed E-state index contributed by atoms with van der Waals surface area (Å²) in [6, 6.07) is 0. The van der Waals surface area contributed by atoms with Crippen molar-refractivity contribution < 1.29 is 4.79 Å². The highest BCUT2D eigenvalue weighted by Gasteiger charge is 1.98. The normalized spacial score (nSPS) is 11.7. The summed E-state index contributed by atoms with van der Waals surface area (Å²) >= 11 is 1.39. The van der Waals surface area contributed by atoms with E-state index in [0.29, 0.717) is 5.75 Å². The van der Waals surface area contributed by atoms with Crippen LogP contribution in [0.1, 0.15) is 6.92 Å². The van der Waals surface area contributed by atoms with Gasteiger partial charge >= 0.3 is 0 Å². The van der Waals surface area contributed by atoms with E-state index in [0.717, 1.165) is 4.91 Å². The van der Waals surface area contributed by atoms with Crippen LogP contribution in [-0.2, 0) is 4.79 Å². The molecule has 0 unspecified atom stereocenters. The van der Waals surface area contributed by atoms with Crippen LogP contribution in [0.5, 0.6) is 0 Å². The number of hydrogen-bond acceptors (Lipinski definition) is 3. The van der Waals surface area contributed by atoms with E-state index in [2.05, 4.69) is 12.0 Å². The average Bonchev–Trinajstić information content (AvgIpc) is 2.17. The fraction of sp³-hybridized carbons (Fsp3) is 0.222. The zero-order valence-corrected chi connectivity index (χ0v) is 8.43. The van der Waals surface area contributed by atoms with Crippen LogP contribution in [0.4, 0.5) is 0 Å². The third-order valence-electron chi connectivity index (χ3n) is 1.19. The van der Waals surface area contributed by atoms with E-state index in [1.54, 1.807) is 6.08 Å². The number of carbonyl (C=O) groups excluding carboxylic acids is 1. The number of amides is 1. The lowest BCUT2D eigenvalue weighted by Crippen LogP contribution is -2.31. The highest BCUT2D eigenvalue weighted by Crippen LogP contribution is 2.15. The fourth-order valence-corrected chi connectivity index (χ4v) is 1.23. The summed E-state index contributed by atoms with van der Waals surface area (Å²) in [5.41, 5.74) is 2.06. The number of rotatable bonds is 5. The Morgan fingerprint density at radius 2 is 2.38 bits per heavy atom. The molecule has 0 radical (unpaired) electrons. The second-order valence-corrected chi connectivity index (χ2v) is 3.20. The van der Waals surface area contributed by atoms with Gasteiger partial charge in [0.15, 0.2) is 0 Å². The van der Waals surface area contributed by atoms with Crippen molar-refractivity contribution >= 4 is 17.7 Å². The summed E-state index contributed by atoms with van der Waals surface area (Å²) in [6.45, 7) is 5.56. The average molecular weight is 198 g/mol. The SMILES string of the molecule is C=CC(=CC=CC)SCC(=O)NN. The number of allylic oxidation sites excluding steroid dienone is 4. The molecule has 4 heteroatoms. The Labute approximate surface area is 82.7 Å². The molecule has 0 bridgehead atoms. The monoisotopic (exact) mass is 198 g/mol. The van der Waals surface area contributed by atoms with Crippen molar-refractivity contribution in [1.29, 1.82) is 0 Å². The van der Waals surface area contributed by atoms with E-state index in [4.69, 9.17) is 5.84 Å². The first-order chi connectivity index (χ1) is 6.24. The molecular weight excluding hydrogens is 184 g/mol. The van der Waals surface area contributed by atoms with Gasteiger partial charge in [0.05, 0.1) is 5.75 Å². The Morgan fingerprint density at radius 1 is 1.69 bits per heavy atom. The molecule has 0 fully saturated rings. The molecule has 0 aliphatic heterocycles. The summed E-state index contributed by atoms with van der Waals surface area (Å²) in [6.07, 6.45) is 7.40. The van der Waals surface area contributed by atoms with Crippen molar-refractivity contribution in [2.24, 2.45) is 5.84 Å². The predicted octanol–water partition coefficient (Wildman–Crippen LogP) is 1.36. The molecule has 3 nitrogen and oxygen atoms in total. The molecule has 0 spiro atoms. The van der Waals surface area contributed by atoms with Crippen LogP contribution in [0.15, 0.2) is 35.8 Å². The third kappa shape index (κ3) is 6.19. The van der Waals surface area contributed by atoms with Crippen molar-refractivity contribution in [3.63, 3.8) is 0 Å². The lowest BCUT2D eigenvalue weighted by molar-refractivity contribution is -0.118. The van der Waals surface area contributed by atoms with Crippen molar-refractivity contribution in [2.75, 3.05) is 5.75 Å². The van der Waals surface area contributed by atoms with Crippen molar-refractivity contribution in [2.45, 2.75) is 6.92 Å². The van der Waals surface area contributed by atoms with Gasteiger partial charge in [0.25, 0.3) is 0 Å². The molecule has 0 atom stereocenters. The number of hydrazine groups is 1. The number of thioether (sulfide) groups is 1. The molecular formula is C9H14N2OS. The molecule has 0 aromatic rings. The lowest BCUT2D eigenvalue weighted by atomic mass is 10.4. The number of carbonyl (C=O) groups is 1. The zero-order chi connectivity index (χ0) is 10.1. The van der Waals surface area contributed by atoms with Crippen LogP contribution in [0.2, 0.25) is 0 Å². The highest BCUT2D eigenvalue weighted by atomic mass is 32.2. The second kappa shape index (κ2) is 7.64. The Kier molecular flexibility index (Phi) is 7.05. The Balaban J connectivity index is 3.99. The van der Waals surface area contributed by atoms with Gasteiger partial charge in [0.2, 0.25) is 5.91 Å². The molecule has 72 valence electrons. The van der Waals surface area contributed by atoms with Gasteiger partial charge in [-0.1, -0.05) is 24.8 Å².